The summed E-state index contributed by atoms with van der Waals surface area (Å²) in [6, 6.07) is 3.51. The molecule has 36 heavy (non-hydrogen) atoms. The Bertz CT molecular complexity index is 1240. The molecule has 0 spiro atoms. The van der Waals surface area contributed by atoms with Gasteiger partial charge in [0.2, 0.25) is 0 Å². The van der Waals surface area contributed by atoms with Crippen LogP contribution in [0.2, 0.25) is 0 Å². The molecule has 2 aromatic heterocycles. The van der Waals surface area contributed by atoms with Gasteiger partial charge in [-0.15, -0.1) is 5.10 Å². The number of benzene rings is 1. The highest BCUT2D eigenvalue weighted by atomic mass is 32.2. The minimum atomic E-state index is -1.05. The summed E-state index contributed by atoms with van der Waals surface area (Å²) in [5.74, 6) is -0.357. The first-order valence-electron chi connectivity index (χ1n) is 12.3. The second kappa shape index (κ2) is 10.2. The van der Waals surface area contributed by atoms with Crippen LogP contribution in [-0.4, -0.2) is 71.4 Å². The van der Waals surface area contributed by atoms with Crippen LogP contribution in [0.15, 0.2) is 23.4 Å². The van der Waals surface area contributed by atoms with Gasteiger partial charge in [-0.05, 0) is 44.4 Å². The molecule has 2 aliphatic rings. The number of anilines is 1. The van der Waals surface area contributed by atoms with E-state index < -0.39 is 36.0 Å². The van der Waals surface area contributed by atoms with Crippen LogP contribution in [0.3, 0.4) is 0 Å². The average Bonchev–Trinajstić information content (AvgIpc) is 3.39. The molecule has 0 bridgehead atoms. The van der Waals surface area contributed by atoms with Gasteiger partial charge in [0.25, 0.3) is 0 Å². The Balaban J connectivity index is 1.46. The van der Waals surface area contributed by atoms with E-state index in [2.05, 4.69) is 27.5 Å². The summed E-state index contributed by atoms with van der Waals surface area (Å²) in [5.41, 5.74) is 1.68. The van der Waals surface area contributed by atoms with Gasteiger partial charge >= 0.3 is 0 Å². The molecule has 3 N–H and O–H groups in total. The maximum Gasteiger partial charge on any atom is 0.191 e. The lowest BCUT2D eigenvalue weighted by Gasteiger charge is -2.24. The maximum atomic E-state index is 13.7. The minimum Gasteiger partial charge on any atom is -0.390 e. The molecule has 2 heterocycles. The molecule has 2 saturated carbocycles. The number of halogens is 2. The van der Waals surface area contributed by atoms with Crippen LogP contribution in [0.5, 0.6) is 0 Å². The van der Waals surface area contributed by atoms with E-state index in [0.717, 1.165) is 30.2 Å². The van der Waals surface area contributed by atoms with Gasteiger partial charge in [0.15, 0.2) is 33.8 Å². The van der Waals surface area contributed by atoms with E-state index >= 15 is 0 Å². The van der Waals surface area contributed by atoms with Crippen LogP contribution in [-0.2, 0) is 4.74 Å². The highest BCUT2D eigenvalue weighted by molar-refractivity contribution is 7.99. The second-order valence-corrected chi connectivity index (χ2v) is 10.7. The van der Waals surface area contributed by atoms with Crippen LogP contribution in [0, 0.1) is 11.6 Å². The zero-order valence-corrected chi connectivity index (χ0v) is 21.1. The molecule has 2 aliphatic carbocycles. The third kappa shape index (κ3) is 4.91. The van der Waals surface area contributed by atoms with E-state index in [4.69, 9.17) is 9.72 Å². The molecule has 0 saturated heterocycles. The van der Waals surface area contributed by atoms with Gasteiger partial charge in [-0.1, -0.05) is 30.0 Å². The molecule has 6 unspecified atom stereocenters. The number of aromatic nitrogens is 5. The summed E-state index contributed by atoms with van der Waals surface area (Å²) >= 11 is 1.51. The van der Waals surface area contributed by atoms with Gasteiger partial charge in [0.05, 0.1) is 18.2 Å². The first-order valence-corrected chi connectivity index (χ1v) is 13.2. The lowest BCUT2D eigenvalue weighted by atomic mass is 10.1. The van der Waals surface area contributed by atoms with Crippen LogP contribution in [0.4, 0.5) is 14.6 Å². The number of rotatable bonds is 9. The van der Waals surface area contributed by atoms with Crippen LogP contribution in [0.1, 0.15) is 57.6 Å². The Kier molecular flexibility index (Phi) is 7.12. The summed E-state index contributed by atoms with van der Waals surface area (Å²) in [7, 11) is 0. The van der Waals surface area contributed by atoms with Crippen molar-refractivity contribution in [2.75, 3.05) is 11.1 Å². The van der Waals surface area contributed by atoms with Crippen molar-refractivity contribution in [1.82, 2.24) is 25.0 Å². The summed E-state index contributed by atoms with van der Waals surface area (Å²) in [5, 5.41) is 33.5. The lowest BCUT2D eigenvalue weighted by Crippen LogP contribution is -2.36. The number of thioether (sulfide) groups is 1. The molecule has 194 valence electrons. The maximum absolute atomic E-state index is 13.7. The van der Waals surface area contributed by atoms with Gasteiger partial charge in [0, 0.05) is 24.1 Å². The summed E-state index contributed by atoms with van der Waals surface area (Å²) in [4.78, 5) is 9.38. The Morgan fingerprint density at radius 3 is 2.72 bits per heavy atom. The molecular weight excluding hydrogens is 490 g/mol. The largest absolute Gasteiger partial charge is 0.390 e. The molecule has 0 aliphatic heterocycles. The van der Waals surface area contributed by atoms with Crippen molar-refractivity contribution in [1.29, 1.82) is 0 Å². The Morgan fingerprint density at radius 1 is 1.19 bits per heavy atom. The van der Waals surface area contributed by atoms with Crippen molar-refractivity contribution in [3.63, 3.8) is 0 Å². The monoisotopic (exact) mass is 520 g/mol. The number of hydrogen-bond acceptors (Lipinski definition) is 9. The number of aliphatic hydroxyl groups excluding tert-OH is 2. The van der Waals surface area contributed by atoms with Gasteiger partial charge < -0.3 is 20.3 Å². The molecule has 3 aromatic rings. The fraction of sp³-hybridized carbons (Fsp3) is 0.583. The Labute approximate surface area is 211 Å². The molecule has 9 nitrogen and oxygen atoms in total. The summed E-state index contributed by atoms with van der Waals surface area (Å²) in [6.07, 6.45) is -0.876. The fourth-order valence-electron chi connectivity index (χ4n) is 4.73. The molecule has 0 amide bonds. The van der Waals surface area contributed by atoms with Gasteiger partial charge in [-0.2, -0.15) is 0 Å². The average molecular weight is 521 g/mol. The fourth-order valence-corrected chi connectivity index (χ4v) is 5.42. The first kappa shape index (κ1) is 25.2. The zero-order chi connectivity index (χ0) is 25.6. The quantitative estimate of drug-likeness (QED) is 0.288. The van der Waals surface area contributed by atoms with Crippen molar-refractivity contribution >= 4 is 28.7 Å². The Hall–Kier alpha value is -2.41. The smallest absolute Gasteiger partial charge is 0.191 e. The van der Waals surface area contributed by atoms with E-state index in [9.17, 15) is 19.0 Å². The van der Waals surface area contributed by atoms with Gasteiger partial charge in [-0.25, -0.2) is 23.4 Å². The van der Waals surface area contributed by atoms with Crippen LogP contribution < -0.4 is 5.32 Å². The predicted molar refractivity (Wildman–Crippen MR) is 131 cm³/mol. The predicted octanol–water partition coefficient (Wildman–Crippen LogP) is 3.43. The number of ether oxygens (including phenoxy) is 1. The molecule has 0 radical (unpaired) electrons. The third-order valence-electron chi connectivity index (χ3n) is 6.56. The first-order chi connectivity index (χ1) is 17.3. The highest BCUT2D eigenvalue weighted by Gasteiger charge is 2.46. The van der Waals surface area contributed by atoms with Crippen LogP contribution >= 0.6 is 11.8 Å². The molecule has 1 aromatic carbocycles. The van der Waals surface area contributed by atoms with Gasteiger partial charge in [0.1, 0.15) is 12.2 Å². The lowest BCUT2D eigenvalue weighted by molar-refractivity contribution is -0.0859. The molecule has 6 atom stereocenters. The number of hydrogen-bond donors (Lipinski definition) is 3. The topological polar surface area (TPSA) is 118 Å². The van der Waals surface area contributed by atoms with E-state index in [-0.39, 0.29) is 24.5 Å². The Morgan fingerprint density at radius 2 is 2.00 bits per heavy atom. The van der Waals surface area contributed by atoms with E-state index in [1.807, 2.05) is 13.8 Å². The van der Waals surface area contributed by atoms with Crippen LogP contribution in [0.25, 0.3) is 11.2 Å². The third-order valence-corrected chi connectivity index (χ3v) is 7.61. The standard InChI is InChI=1S/C24H30F2N6O3S/c1-4-7-36-24-28-22(27-16-9-13(16)12-5-6-14(25)15(26)8-12)19-23(29-24)32(31-30-19)17-10-18(33)20(34)21(17)35-11(2)3/h5-6,8,11,13,16-18,20-21,33-34H,4,7,9-10H2,1-3H3,(H,27,28,29). The number of nitrogens with one attached hydrogen (secondary N) is 1. The summed E-state index contributed by atoms with van der Waals surface area (Å²) < 4.78 is 34.6. The number of nitrogens with zero attached hydrogens (tertiary/aromatic N) is 5. The molecule has 5 rings (SSSR count). The van der Waals surface area contributed by atoms with Crippen molar-refractivity contribution in [2.45, 2.75) is 87.6 Å². The van der Waals surface area contributed by atoms with E-state index in [1.54, 1.807) is 10.7 Å². The van der Waals surface area contributed by atoms with Gasteiger partial charge in [-0.3, -0.25) is 0 Å². The van der Waals surface area contributed by atoms with Crippen molar-refractivity contribution in [3.8, 4) is 0 Å². The SMILES string of the molecule is CCCSc1nc(NC2CC2c2ccc(F)c(F)c2)c2nnn(C3CC(O)C(O)C3OC(C)C)c2n1. The molecular formula is C24H30F2N6O3S. The van der Waals surface area contributed by atoms with Crippen molar-refractivity contribution in [3.05, 3.63) is 35.4 Å². The van der Waals surface area contributed by atoms with E-state index in [0.29, 0.717) is 22.1 Å². The molecule has 2 fully saturated rings. The highest BCUT2D eigenvalue weighted by Crippen LogP contribution is 2.44. The minimum absolute atomic E-state index is 0.0192. The normalized spacial score (nSPS) is 27.8. The molecule has 12 heteroatoms. The van der Waals surface area contributed by atoms with Crippen molar-refractivity contribution < 1.29 is 23.7 Å². The number of aliphatic hydroxyl groups is 2. The van der Waals surface area contributed by atoms with Crippen molar-refractivity contribution in [2.24, 2.45) is 0 Å². The zero-order valence-electron chi connectivity index (χ0n) is 20.3. The second-order valence-electron chi connectivity index (χ2n) is 9.69. The summed E-state index contributed by atoms with van der Waals surface area (Å²) in [6.45, 7) is 5.82. The number of fused-ring (bicyclic) bond motifs is 1. The van der Waals surface area contributed by atoms with E-state index in [1.165, 1.54) is 17.8 Å².